The molecule has 86 valence electrons. The molecule has 1 aliphatic rings. The molecule has 1 fully saturated rings. The van der Waals surface area contributed by atoms with Crippen molar-refractivity contribution in [1.29, 1.82) is 0 Å². The number of nitrogens with two attached hydrogens (primary N) is 1. The van der Waals surface area contributed by atoms with Crippen molar-refractivity contribution in [2.24, 2.45) is 10.7 Å². The van der Waals surface area contributed by atoms with Gasteiger partial charge in [0.15, 0.2) is 5.96 Å². The van der Waals surface area contributed by atoms with Crippen molar-refractivity contribution in [3.63, 3.8) is 0 Å². The van der Waals surface area contributed by atoms with E-state index in [1.54, 1.807) is 0 Å². The molecule has 0 saturated carbocycles. The Morgan fingerprint density at radius 3 is 2.69 bits per heavy atom. The molecule has 3 nitrogen and oxygen atoms in total. The highest BCUT2D eigenvalue weighted by Crippen LogP contribution is 2.25. The first kappa shape index (κ1) is 11.3. The summed E-state index contributed by atoms with van der Waals surface area (Å²) < 4.78 is 0. The lowest BCUT2D eigenvalue weighted by atomic mass is 10.2. The second-order valence-corrected chi connectivity index (χ2v) is 4.53. The van der Waals surface area contributed by atoms with Crippen LogP contribution in [0.5, 0.6) is 0 Å². The van der Waals surface area contributed by atoms with E-state index in [-0.39, 0.29) is 0 Å². The molecular weight excluding hydrogens is 222 g/mol. The average Bonchev–Trinajstić information content (AvgIpc) is 2.75. The van der Waals surface area contributed by atoms with Crippen LogP contribution in [0.3, 0.4) is 0 Å². The highest BCUT2D eigenvalue weighted by molar-refractivity contribution is 6.33. The van der Waals surface area contributed by atoms with E-state index < -0.39 is 0 Å². The average molecular weight is 238 g/mol. The Balaban J connectivity index is 2.20. The first-order valence-electron chi connectivity index (χ1n) is 5.52. The van der Waals surface area contributed by atoms with E-state index in [4.69, 9.17) is 17.3 Å². The normalized spacial score (nSPS) is 16.9. The second kappa shape index (κ2) is 4.74. The van der Waals surface area contributed by atoms with Gasteiger partial charge in [0, 0.05) is 13.1 Å². The summed E-state index contributed by atoms with van der Waals surface area (Å²) in [5.41, 5.74) is 7.81. The summed E-state index contributed by atoms with van der Waals surface area (Å²) >= 11 is 6.10. The molecule has 1 aliphatic heterocycles. The third-order valence-corrected chi connectivity index (χ3v) is 3.07. The molecule has 0 bridgehead atoms. The monoisotopic (exact) mass is 237 g/mol. The van der Waals surface area contributed by atoms with E-state index in [2.05, 4.69) is 9.89 Å². The number of rotatable bonds is 1. The number of nitrogens with zero attached hydrogens (tertiary/aromatic N) is 2. The van der Waals surface area contributed by atoms with Gasteiger partial charge in [-0.25, -0.2) is 4.99 Å². The van der Waals surface area contributed by atoms with Gasteiger partial charge in [-0.05, 0) is 37.5 Å². The number of aliphatic imine (C=N–C) groups is 1. The zero-order valence-electron chi connectivity index (χ0n) is 9.41. The summed E-state index contributed by atoms with van der Waals surface area (Å²) in [7, 11) is 0. The van der Waals surface area contributed by atoms with E-state index in [1.807, 2.05) is 25.1 Å². The molecule has 0 unspecified atom stereocenters. The van der Waals surface area contributed by atoms with Gasteiger partial charge in [0.2, 0.25) is 0 Å². The molecule has 0 aliphatic carbocycles. The maximum atomic E-state index is 6.10. The Morgan fingerprint density at radius 1 is 1.38 bits per heavy atom. The predicted octanol–water partition coefficient (Wildman–Crippen LogP) is 2.69. The SMILES string of the molecule is Cc1ccc(N=C(N)N2CCCC2)c(Cl)c1. The first-order chi connectivity index (χ1) is 7.66. The minimum atomic E-state index is 0.572. The summed E-state index contributed by atoms with van der Waals surface area (Å²) in [6, 6.07) is 5.79. The molecule has 0 radical (unpaired) electrons. The summed E-state index contributed by atoms with van der Waals surface area (Å²) in [6.45, 7) is 4.00. The Bertz CT molecular complexity index is 409. The van der Waals surface area contributed by atoms with Gasteiger partial charge in [0.05, 0.1) is 10.7 Å². The van der Waals surface area contributed by atoms with Crippen molar-refractivity contribution in [3.05, 3.63) is 28.8 Å². The number of benzene rings is 1. The van der Waals surface area contributed by atoms with Crippen molar-refractivity contribution in [2.75, 3.05) is 13.1 Å². The third kappa shape index (κ3) is 2.47. The molecular formula is C12H16ClN3. The quantitative estimate of drug-likeness (QED) is 0.603. The Kier molecular flexibility index (Phi) is 3.34. The van der Waals surface area contributed by atoms with Gasteiger partial charge in [-0.15, -0.1) is 0 Å². The van der Waals surface area contributed by atoms with Crippen LogP contribution in [0.25, 0.3) is 0 Å². The molecule has 1 aromatic rings. The number of aryl methyl sites for hydroxylation is 1. The number of hydrogen-bond donors (Lipinski definition) is 1. The lowest BCUT2D eigenvalue weighted by Gasteiger charge is -2.15. The Morgan fingerprint density at radius 2 is 2.06 bits per heavy atom. The van der Waals surface area contributed by atoms with E-state index in [9.17, 15) is 0 Å². The summed E-state index contributed by atoms with van der Waals surface area (Å²) in [6.07, 6.45) is 2.38. The fourth-order valence-corrected chi connectivity index (χ4v) is 2.12. The van der Waals surface area contributed by atoms with Gasteiger partial charge in [0.1, 0.15) is 0 Å². The number of likely N-dealkylation sites (tertiary alicyclic amines) is 1. The van der Waals surface area contributed by atoms with Gasteiger partial charge in [-0.3, -0.25) is 0 Å². The Labute approximate surface area is 101 Å². The van der Waals surface area contributed by atoms with Crippen LogP contribution in [0, 0.1) is 6.92 Å². The number of halogens is 1. The standard InChI is InChI=1S/C12H16ClN3/c1-9-4-5-11(10(13)8-9)15-12(14)16-6-2-3-7-16/h4-5,8H,2-3,6-7H2,1H3,(H2,14,15). The fourth-order valence-electron chi connectivity index (χ4n) is 1.84. The van der Waals surface area contributed by atoms with Crippen LogP contribution >= 0.6 is 11.6 Å². The molecule has 0 amide bonds. The number of hydrogen-bond acceptors (Lipinski definition) is 1. The smallest absolute Gasteiger partial charge is 0.196 e. The zero-order chi connectivity index (χ0) is 11.5. The van der Waals surface area contributed by atoms with Crippen LogP contribution in [-0.2, 0) is 0 Å². The highest BCUT2D eigenvalue weighted by Gasteiger charge is 2.13. The molecule has 1 saturated heterocycles. The molecule has 0 aromatic heterocycles. The van der Waals surface area contributed by atoms with Gasteiger partial charge in [0.25, 0.3) is 0 Å². The zero-order valence-corrected chi connectivity index (χ0v) is 10.2. The lowest BCUT2D eigenvalue weighted by molar-refractivity contribution is 0.513. The van der Waals surface area contributed by atoms with Gasteiger partial charge in [-0.2, -0.15) is 0 Å². The third-order valence-electron chi connectivity index (χ3n) is 2.77. The summed E-state index contributed by atoms with van der Waals surface area (Å²) in [5, 5.41) is 0.655. The molecule has 1 heterocycles. The minimum absolute atomic E-state index is 0.572. The van der Waals surface area contributed by atoms with E-state index in [0.717, 1.165) is 24.3 Å². The molecule has 4 heteroatoms. The first-order valence-corrected chi connectivity index (χ1v) is 5.90. The maximum Gasteiger partial charge on any atom is 0.196 e. The van der Waals surface area contributed by atoms with Crippen LogP contribution in [0.2, 0.25) is 5.02 Å². The van der Waals surface area contributed by atoms with Crippen molar-refractivity contribution in [3.8, 4) is 0 Å². The minimum Gasteiger partial charge on any atom is -0.369 e. The molecule has 0 atom stereocenters. The van der Waals surface area contributed by atoms with E-state index in [0.29, 0.717) is 11.0 Å². The lowest BCUT2D eigenvalue weighted by Crippen LogP contribution is -2.34. The van der Waals surface area contributed by atoms with Crippen LogP contribution in [0.15, 0.2) is 23.2 Å². The van der Waals surface area contributed by atoms with Crippen LogP contribution in [-0.4, -0.2) is 23.9 Å². The molecule has 0 spiro atoms. The molecule has 2 N–H and O–H groups in total. The topological polar surface area (TPSA) is 41.6 Å². The van der Waals surface area contributed by atoms with Gasteiger partial charge < -0.3 is 10.6 Å². The van der Waals surface area contributed by atoms with E-state index >= 15 is 0 Å². The van der Waals surface area contributed by atoms with Crippen molar-refractivity contribution in [2.45, 2.75) is 19.8 Å². The van der Waals surface area contributed by atoms with Crippen LogP contribution < -0.4 is 5.73 Å². The molecule has 16 heavy (non-hydrogen) atoms. The van der Waals surface area contributed by atoms with Crippen molar-refractivity contribution in [1.82, 2.24) is 4.90 Å². The molecule has 2 rings (SSSR count). The van der Waals surface area contributed by atoms with Crippen molar-refractivity contribution < 1.29 is 0 Å². The predicted molar refractivity (Wildman–Crippen MR) is 68.3 cm³/mol. The maximum absolute atomic E-state index is 6.10. The van der Waals surface area contributed by atoms with Crippen LogP contribution in [0.1, 0.15) is 18.4 Å². The number of guanidine groups is 1. The van der Waals surface area contributed by atoms with Gasteiger partial charge >= 0.3 is 0 Å². The van der Waals surface area contributed by atoms with Gasteiger partial charge in [-0.1, -0.05) is 17.7 Å². The largest absolute Gasteiger partial charge is 0.369 e. The van der Waals surface area contributed by atoms with Crippen LogP contribution in [0.4, 0.5) is 5.69 Å². The Hall–Kier alpha value is -1.22. The highest BCUT2D eigenvalue weighted by atomic mass is 35.5. The summed E-state index contributed by atoms with van der Waals surface area (Å²) in [5.74, 6) is 0.572. The fraction of sp³-hybridized carbons (Fsp3) is 0.417. The second-order valence-electron chi connectivity index (χ2n) is 4.12. The summed E-state index contributed by atoms with van der Waals surface area (Å²) in [4.78, 5) is 6.46. The molecule has 1 aromatic carbocycles. The van der Waals surface area contributed by atoms with Crippen molar-refractivity contribution >= 4 is 23.2 Å². The van der Waals surface area contributed by atoms with E-state index in [1.165, 1.54) is 12.8 Å².